The second kappa shape index (κ2) is 8.52. The van der Waals surface area contributed by atoms with Crippen LogP contribution >= 0.6 is 34.8 Å². The van der Waals surface area contributed by atoms with Gasteiger partial charge in [0, 0.05) is 36.1 Å². The van der Waals surface area contributed by atoms with Gasteiger partial charge in [-0.1, -0.05) is 59.8 Å². The quantitative estimate of drug-likeness (QED) is 0.554. The van der Waals surface area contributed by atoms with Gasteiger partial charge in [0.1, 0.15) is 0 Å². The molecule has 6 heteroatoms. The Balaban J connectivity index is 1.58. The van der Waals surface area contributed by atoms with Crippen LogP contribution in [0.1, 0.15) is 37.3 Å². The van der Waals surface area contributed by atoms with Crippen molar-refractivity contribution < 1.29 is 4.79 Å². The molecule has 2 fully saturated rings. The minimum absolute atomic E-state index is 0.0227. The summed E-state index contributed by atoms with van der Waals surface area (Å²) in [5.74, 6) is 1.03. The Bertz CT molecular complexity index is 851. The molecule has 1 aliphatic carbocycles. The number of hydrogen-bond acceptors (Lipinski definition) is 2. The summed E-state index contributed by atoms with van der Waals surface area (Å²) in [7, 11) is 0. The van der Waals surface area contributed by atoms with E-state index < -0.39 is 0 Å². The lowest BCUT2D eigenvalue weighted by Crippen LogP contribution is -2.50. The van der Waals surface area contributed by atoms with E-state index in [2.05, 4.69) is 4.90 Å². The zero-order valence-electron chi connectivity index (χ0n) is 15.6. The molecule has 0 radical (unpaired) electrons. The summed E-state index contributed by atoms with van der Waals surface area (Å²) in [5, 5.41) is 1.94. The third kappa shape index (κ3) is 4.59. The molecule has 1 amide bonds. The van der Waals surface area contributed by atoms with Gasteiger partial charge in [-0.25, -0.2) is 0 Å². The lowest BCUT2D eigenvalue weighted by Gasteiger charge is -2.43. The standard InChI is InChI=1S/C22H23Cl3N2O/c23-17-6-4-16(5-7-17)21-14-26(22(28)10-3-15-1-2-15)11-12-27(21)20-9-8-18(24)13-19(20)25/h4-9,13,15,21H,1-3,10-12,14H2/t21-/m0/s1. The third-order valence-electron chi connectivity index (χ3n) is 5.67. The second-order valence-corrected chi connectivity index (χ2v) is 8.96. The topological polar surface area (TPSA) is 23.6 Å². The van der Waals surface area contributed by atoms with E-state index in [1.54, 1.807) is 6.07 Å². The van der Waals surface area contributed by atoms with E-state index in [4.69, 9.17) is 34.8 Å². The molecule has 2 aromatic rings. The van der Waals surface area contributed by atoms with E-state index in [0.29, 0.717) is 34.6 Å². The molecular weight excluding hydrogens is 415 g/mol. The molecule has 1 atom stereocenters. The first kappa shape index (κ1) is 19.9. The molecular formula is C22H23Cl3N2O. The summed E-state index contributed by atoms with van der Waals surface area (Å²) < 4.78 is 0. The van der Waals surface area contributed by atoms with Crippen molar-refractivity contribution in [2.75, 3.05) is 24.5 Å². The average Bonchev–Trinajstić information content (AvgIpc) is 3.51. The number of carbonyl (C=O) groups is 1. The maximum absolute atomic E-state index is 12.8. The molecule has 3 nitrogen and oxygen atoms in total. The average molecular weight is 438 g/mol. The fourth-order valence-electron chi connectivity index (χ4n) is 3.87. The Labute approximate surface area is 181 Å². The van der Waals surface area contributed by atoms with Gasteiger partial charge in [-0.3, -0.25) is 4.79 Å². The van der Waals surface area contributed by atoms with Gasteiger partial charge < -0.3 is 9.80 Å². The van der Waals surface area contributed by atoms with Crippen LogP contribution in [0.3, 0.4) is 0 Å². The number of anilines is 1. The van der Waals surface area contributed by atoms with Crippen LogP contribution in [0.25, 0.3) is 0 Å². The Morgan fingerprint density at radius 2 is 1.68 bits per heavy atom. The first-order chi connectivity index (χ1) is 13.5. The first-order valence-electron chi connectivity index (χ1n) is 9.76. The molecule has 4 rings (SSSR count). The van der Waals surface area contributed by atoms with Crippen molar-refractivity contribution in [2.24, 2.45) is 5.92 Å². The lowest BCUT2D eigenvalue weighted by atomic mass is 10.0. The van der Waals surface area contributed by atoms with Gasteiger partial charge >= 0.3 is 0 Å². The van der Waals surface area contributed by atoms with E-state index in [-0.39, 0.29) is 11.9 Å². The van der Waals surface area contributed by atoms with E-state index in [1.807, 2.05) is 41.3 Å². The maximum atomic E-state index is 12.8. The minimum atomic E-state index is 0.0227. The van der Waals surface area contributed by atoms with Crippen molar-refractivity contribution in [1.82, 2.24) is 4.90 Å². The third-order valence-corrected chi connectivity index (χ3v) is 6.46. The van der Waals surface area contributed by atoms with E-state index >= 15 is 0 Å². The lowest BCUT2D eigenvalue weighted by molar-refractivity contribution is -0.132. The molecule has 0 bridgehead atoms. The highest BCUT2D eigenvalue weighted by Gasteiger charge is 2.32. The first-order valence-corrected chi connectivity index (χ1v) is 10.9. The molecule has 2 aromatic carbocycles. The van der Waals surface area contributed by atoms with E-state index in [1.165, 1.54) is 12.8 Å². The number of amides is 1. The Morgan fingerprint density at radius 3 is 2.36 bits per heavy atom. The summed E-state index contributed by atoms with van der Waals surface area (Å²) in [6.45, 7) is 2.07. The molecule has 1 saturated carbocycles. The Kier molecular flexibility index (Phi) is 6.05. The van der Waals surface area contributed by atoms with Crippen LogP contribution in [0.5, 0.6) is 0 Å². The van der Waals surface area contributed by atoms with Gasteiger partial charge in [-0.05, 0) is 48.2 Å². The van der Waals surface area contributed by atoms with Crippen LogP contribution in [-0.2, 0) is 4.79 Å². The number of halogens is 3. The predicted molar refractivity (Wildman–Crippen MR) is 117 cm³/mol. The zero-order valence-corrected chi connectivity index (χ0v) is 17.9. The number of piperazine rings is 1. The van der Waals surface area contributed by atoms with Crippen molar-refractivity contribution in [3.8, 4) is 0 Å². The molecule has 1 aliphatic heterocycles. The predicted octanol–water partition coefficient (Wildman–Crippen LogP) is 6.23. The van der Waals surface area contributed by atoms with Gasteiger partial charge in [0.15, 0.2) is 0 Å². The molecule has 0 aromatic heterocycles. The molecule has 0 unspecified atom stereocenters. The van der Waals surface area contributed by atoms with Crippen molar-refractivity contribution in [2.45, 2.75) is 31.7 Å². The summed E-state index contributed by atoms with van der Waals surface area (Å²) in [5.41, 5.74) is 2.06. The van der Waals surface area contributed by atoms with Crippen LogP contribution in [-0.4, -0.2) is 30.4 Å². The molecule has 2 aliphatic rings. The van der Waals surface area contributed by atoms with Gasteiger partial charge in [0.05, 0.1) is 16.8 Å². The van der Waals surface area contributed by atoms with Crippen molar-refractivity contribution in [3.63, 3.8) is 0 Å². The number of rotatable bonds is 5. The normalized spacial score (nSPS) is 19.8. The molecule has 1 heterocycles. The molecule has 1 saturated heterocycles. The monoisotopic (exact) mass is 436 g/mol. The maximum Gasteiger partial charge on any atom is 0.222 e. The Morgan fingerprint density at radius 1 is 0.964 bits per heavy atom. The van der Waals surface area contributed by atoms with Gasteiger partial charge in [-0.2, -0.15) is 0 Å². The number of nitrogens with zero attached hydrogens (tertiary/aromatic N) is 2. The second-order valence-electron chi connectivity index (χ2n) is 7.68. The van der Waals surface area contributed by atoms with Crippen molar-refractivity contribution in [3.05, 3.63) is 63.1 Å². The van der Waals surface area contributed by atoms with E-state index in [9.17, 15) is 4.79 Å². The van der Waals surface area contributed by atoms with Crippen molar-refractivity contribution in [1.29, 1.82) is 0 Å². The van der Waals surface area contributed by atoms with E-state index in [0.717, 1.165) is 30.1 Å². The Hall–Kier alpha value is -1.42. The van der Waals surface area contributed by atoms with Gasteiger partial charge in [0.2, 0.25) is 5.91 Å². The van der Waals surface area contributed by atoms with Gasteiger partial charge in [0.25, 0.3) is 0 Å². The van der Waals surface area contributed by atoms with Crippen molar-refractivity contribution >= 4 is 46.4 Å². The molecule has 148 valence electrons. The molecule has 0 N–H and O–H groups in total. The SMILES string of the molecule is O=C(CCC1CC1)N1CCN(c2ccc(Cl)cc2Cl)[C@H](c2ccc(Cl)cc2)C1. The van der Waals surface area contributed by atoms with Crippen LogP contribution in [0, 0.1) is 5.92 Å². The number of carbonyl (C=O) groups excluding carboxylic acids is 1. The highest BCUT2D eigenvalue weighted by molar-refractivity contribution is 6.36. The number of hydrogen-bond donors (Lipinski definition) is 0. The fraction of sp³-hybridized carbons (Fsp3) is 0.409. The highest BCUT2D eigenvalue weighted by atomic mass is 35.5. The fourth-order valence-corrected chi connectivity index (χ4v) is 4.52. The molecule has 0 spiro atoms. The number of benzene rings is 2. The van der Waals surface area contributed by atoms with Crippen LogP contribution in [0.15, 0.2) is 42.5 Å². The largest absolute Gasteiger partial charge is 0.360 e. The summed E-state index contributed by atoms with van der Waals surface area (Å²) in [6.07, 6.45) is 4.24. The summed E-state index contributed by atoms with van der Waals surface area (Å²) >= 11 is 18.7. The smallest absolute Gasteiger partial charge is 0.222 e. The van der Waals surface area contributed by atoms with Crippen LogP contribution < -0.4 is 4.90 Å². The molecule has 28 heavy (non-hydrogen) atoms. The summed E-state index contributed by atoms with van der Waals surface area (Å²) in [4.78, 5) is 17.0. The minimum Gasteiger partial charge on any atom is -0.360 e. The van der Waals surface area contributed by atoms with Crippen LogP contribution in [0.4, 0.5) is 5.69 Å². The highest BCUT2D eigenvalue weighted by Crippen LogP contribution is 2.37. The van der Waals surface area contributed by atoms with Gasteiger partial charge in [-0.15, -0.1) is 0 Å². The van der Waals surface area contributed by atoms with Crippen LogP contribution in [0.2, 0.25) is 15.1 Å². The summed E-state index contributed by atoms with van der Waals surface area (Å²) in [6, 6.07) is 13.5. The zero-order chi connectivity index (χ0) is 19.7.